The molecule has 2 nitrogen and oxygen atoms in total. The van der Waals surface area contributed by atoms with Crippen LogP contribution in [-0.2, 0) is 0 Å². The van der Waals surface area contributed by atoms with Gasteiger partial charge in [-0.25, -0.2) is 0 Å². The Morgan fingerprint density at radius 1 is 1.47 bits per heavy atom. The molecule has 1 aromatic rings. The molecule has 2 rings (SSSR count). The highest BCUT2D eigenvalue weighted by atomic mass is 35.5. The van der Waals surface area contributed by atoms with Crippen LogP contribution in [-0.4, -0.2) is 31.6 Å². The second-order valence-corrected chi connectivity index (χ2v) is 5.98. The van der Waals surface area contributed by atoms with Gasteiger partial charge in [0.15, 0.2) is 0 Å². The lowest BCUT2D eigenvalue weighted by molar-refractivity contribution is 0.119. The topological polar surface area (TPSA) is 15.3 Å². The Kier molecular flexibility index (Phi) is 5.68. The first-order valence-corrected chi connectivity index (χ1v) is 7.76. The van der Waals surface area contributed by atoms with Gasteiger partial charge in [0.1, 0.15) is 0 Å². The van der Waals surface area contributed by atoms with Gasteiger partial charge in [-0.3, -0.25) is 4.90 Å². The van der Waals surface area contributed by atoms with E-state index in [-0.39, 0.29) is 0 Å². The lowest BCUT2D eigenvalue weighted by atomic mass is 9.94. The van der Waals surface area contributed by atoms with Crippen molar-refractivity contribution in [3.63, 3.8) is 0 Å². The maximum absolute atomic E-state index is 6.13. The first-order chi connectivity index (χ1) is 9.24. The molecule has 2 unspecified atom stereocenters. The van der Waals surface area contributed by atoms with E-state index < -0.39 is 0 Å². The fourth-order valence-electron chi connectivity index (χ4n) is 3.25. The van der Waals surface area contributed by atoms with Crippen molar-refractivity contribution in [3.05, 3.63) is 34.9 Å². The highest BCUT2D eigenvalue weighted by Gasteiger charge is 2.25. The molecule has 1 aromatic carbocycles. The van der Waals surface area contributed by atoms with Gasteiger partial charge in [-0.15, -0.1) is 0 Å². The Morgan fingerprint density at radius 3 is 3.00 bits per heavy atom. The van der Waals surface area contributed by atoms with Crippen LogP contribution in [0.3, 0.4) is 0 Å². The summed E-state index contributed by atoms with van der Waals surface area (Å²) in [5.74, 6) is 0.784. The van der Waals surface area contributed by atoms with Crippen LogP contribution in [0.5, 0.6) is 0 Å². The Hall–Kier alpha value is -0.570. The summed E-state index contributed by atoms with van der Waals surface area (Å²) in [5, 5.41) is 4.16. The third-order valence-corrected chi connectivity index (χ3v) is 4.34. The second kappa shape index (κ2) is 7.28. The van der Waals surface area contributed by atoms with Crippen molar-refractivity contribution >= 4 is 11.6 Å². The number of hydrogen-bond donors (Lipinski definition) is 1. The van der Waals surface area contributed by atoms with Crippen molar-refractivity contribution in [1.82, 2.24) is 10.2 Å². The zero-order valence-electron chi connectivity index (χ0n) is 12.0. The maximum atomic E-state index is 6.13. The van der Waals surface area contributed by atoms with Gasteiger partial charge >= 0.3 is 0 Å². The average molecular weight is 281 g/mol. The van der Waals surface area contributed by atoms with E-state index in [4.69, 9.17) is 11.6 Å². The van der Waals surface area contributed by atoms with Gasteiger partial charge in [-0.2, -0.15) is 0 Å². The standard InChI is InChI=1S/C16H25ClN2/c1-3-16(14-7-4-8-15(17)10-14)19-9-5-6-13(12-19)11-18-2/h4,7-8,10,13,16,18H,3,5-6,9,11-12H2,1-2H3. The lowest BCUT2D eigenvalue weighted by Crippen LogP contribution is -2.41. The molecule has 0 spiro atoms. The number of nitrogens with zero attached hydrogens (tertiary/aromatic N) is 1. The van der Waals surface area contributed by atoms with Gasteiger partial charge in [0.25, 0.3) is 0 Å². The summed E-state index contributed by atoms with van der Waals surface area (Å²) in [6, 6.07) is 8.87. The molecular formula is C16H25ClN2. The largest absolute Gasteiger partial charge is 0.319 e. The fraction of sp³-hybridized carbons (Fsp3) is 0.625. The monoisotopic (exact) mass is 280 g/mol. The smallest absolute Gasteiger partial charge is 0.0409 e. The number of halogens is 1. The molecule has 106 valence electrons. The van der Waals surface area contributed by atoms with Crippen molar-refractivity contribution in [2.45, 2.75) is 32.2 Å². The molecule has 0 bridgehead atoms. The predicted molar refractivity (Wildman–Crippen MR) is 82.7 cm³/mol. The van der Waals surface area contributed by atoms with Gasteiger partial charge in [-0.05, 0) is 63.0 Å². The third-order valence-electron chi connectivity index (χ3n) is 4.10. The minimum absolute atomic E-state index is 0.512. The van der Waals surface area contributed by atoms with Crippen LogP contribution in [0.4, 0.5) is 0 Å². The Labute approximate surface area is 122 Å². The van der Waals surface area contributed by atoms with Crippen LogP contribution in [0.1, 0.15) is 37.8 Å². The molecule has 1 N–H and O–H groups in total. The number of piperidine rings is 1. The Morgan fingerprint density at radius 2 is 2.32 bits per heavy atom. The molecule has 1 aliphatic heterocycles. The summed E-state index contributed by atoms with van der Waals surface area (Å²) < 4.78 is 0. The number of nitrogens with one attached hydrogen (secondary N) is 1. The molecule has 0 radical (unpaired) electrons. The van der Waals surface area contributed by atoms with E-state index in [0.717, 1.165) is 23.9 Å². The van der Waals surface area contributed by atoms with E-state index in [1.165, 1.54) is 31.5 Å². The second-order valence-electron chi connectivity index (χ2n) is 5.54. The number of likely N-dealkylation sites (tertiary alicyclic amines) is 1. The average Bonchev–Trinajstić information content (AvgIpc) is 2.41. The highest BCUT2D eigenvalue weighted by Crippen LogP contribution is 2.30. The van der Waals surface area contributed by atoms with Gasteiger partial charge in [0.05, 0.1) is 0 Å². The minimum Gasteiger partial charge on any atom is -0.319 e. The van der Waals surface area contributed by atoms with Gasteiger partial charge in [0.2, 0.25) is 0 Å². The first-order valence-electron chi connectivity index (χ1n) is 7.38. The molecule has 1 heterocycles. The summed E-state index contributed by atoms with van der Waals surface area (Å²) in [4.78, 5) is 2.64. The third kappa shape index (κ3) is 3.95. The van der Waals surface area contributed by atoms with Crippen LogP contribution in [0, 0.1) is 5.92 Å². The minimum atomic E-state index is 0.512. The normalized spacial score (nSPS) is 22.4. The van der Waals surface area contributed by atoms with E-state index in [0.29, 0.717) is 6.04 Å². The van der Waals surface area contributed by atoms with Crippen LogP contribution < -0.4 is 5.32 Å². The Balaban J connectivity index is 2.08. The maximum Gasteiger partial charge on any atom is 0.0409 e. The van der Waals surface area contributed by atoms with Crippen LogP contribution >= 0.6 is 11.6 Å². The summed E-state index contributed by atoms with van der Waals surface area (Å²) >= 11 is 6.13. The zero-order chi connectivity index (χ0) is 13.7. The van der Waals surface area contributed by atoms with Crippen LogP contribution in [0.15, 0.2) is 24.3 Å². The fourth-order valence-corrected chi connectivity index (χ4v) is 3.45. The molecule has 0 amide bonds. The van der Waals surface area contributed by atoms with Crippen molar-refractivity contribution in [3.8, 4) is 0 Å². The lowest BCUT2D eigenvalue weighted by Gasteiger charge is -2.38. The highest BCUT2D eigenvalue weighted by molar-refractivity contribution is 6.30. The zero-order valence-corrected chi connectivity index (χ0v) is 12.8. The van der Waals surface area contributed by atoms with E-state index in [1.807, 2.05) is 13.1 Å². The quantitative estimate of drug-likeness (QED) is 0.884. The molecule has 2 atom stereocenters. The van der Waals surface area contributed by atoms with Gasteiger partial charge < -0.3 is 5.32 Å². The van der Waals surface area contributed by atoms with Crippen molar-refractivity contribution < 1.29 is 0 Å². The van der Waals surface area contributed by atoms with Gasteiger partial charge in [0, 0.05) is 17.6 Å². The van der Waals surface area contributed by atoms with E-state index in [2.05, 4.69) is 35.3 Å². The molecule has 1 saturated heterocycles. The molecule has 1 fully saturated rings. The summed E-state index contributed by atoms with van der Waals surface area (Å²) in [6.07, 6.45) is 3.80. The van der Waals surface area contributed by atoms with Crippen molar-refractivity contribution in [1.29, 1.82) is 0 Å². The first kappa shape index (κ1) is 14.8. The van der Waals surface area contributed by atoms with Crippen LogP contribution in [0.25, 0.3) is 0 Å². The van der Waals surface area contributed by atoms with Crippen molar-refractivity contribution in [2.75, 3.05) is 26.7 Å². The van der Waals surface area contributed by atoms with E-state index >= 15 is 0 Å². The summed E-state index contributed by atoms with van der Waals surface area (Å²) in [5.41, 5.74) is 1.36. The van der Waals surface area contributed by atoms with E-state index in [9.17, 15) is 0 Å². The Bertz CT molecular complexity index is 392. The molecule has 0 aromatic heterocycles. The molecule has 0 saturated carbocycles. The summed E-state index contributed by atoms with van der Waals surface area (Å²) in [7, 11) is 2.05. The number of rotatable bonds is 5. The SMILES string of the molecule is CCC(c1cccc(Cl)c1)N1CCCC(CNC)C1. The summed E-state index contributed by atoms with van der Waals surface area (Å²) in [6.45, 7) is 5.81. The molecule has 3 heteroatoms. The van der Waals surface area contributed by atoms with Gasteiger partial charge in [-0.1, -0.05) is 30.7 Å². The molecular weight excluding hydrogens is 256 g/mol. The predicted octanol–water partition coefficient (Wildman–Crippen LogP) is 3.72. The molecule has 19 heavy (non-hydrogen) atoms. The number of hydrogen-bond acceptors (Lipinski definition) is 2. The number of benzene rings is 1. The van der Waals surface area contributed by atoms with Crippen LogP contribution in [0.2, 0.25) is 5.02 Å². The molecule has 0 aliphatic carbocycles. The molecule has 1 aliphatic rings. The van der Waals surface area contributed by atoms with E-state index in [1.54, 1.807) is 0 Å². The van der Waals surface area contributed by atoms with Crippen molar-refractivity contribution in [2.24, 2.45) is 5.92 Å².